The maximum atomic E-state index is 10.8. The Bertz CT molecular complexity index is 965. The summed E-state index contributed by atoms with van der Waals surface area (Å²) in [6.45, 7) is 13.7. The van der Waals surface area contributed by atoms with Crippen LogP contribution in [0.3, 0.4) is 0 Å². The van der Waals surface area contributed by atoms with E-state index in [1.54, 1.807) is 0 Å². The van der Waals surface area contributed by atoms with Crippen LogP contribution in [0.5, 0.6) is 5.75 Å². The zero-order valence-corrected chi connectivity index (χ0v) is 17.9. The topological polar surface area (TPSA) is 48.4 Å². The molecular weight excluding hydrogens is 344 g/mol. The van der Waals surface area contributed by atoms with Crippen LogP contribution >= 0.6 is 0 Å². The molecule has 0 radical (unpaired) electrons. The van der Waals surface area contributed by atoms with Gasteiger partial charge in [-0.05, 0) is 40.0 Å². The van der Waals surface area contributed by atoms with E-state index in [1.807, 2.05) is 12.3 Å². The van der Waals surface area contributed by atoms with Gasteiger partial charge in [0.25, 0.3) is 0 Å². The summed E-state index contributed by atoms with van der Waals surface area (Å²) in [7, 11) is 0. The van der Waals surface area contributed by atoms with Gasteiger partial charge in [-0.3, -0.25) is 4.99 Å². The van der Waals surface area contributed by atoms with E-state index in [0.717, 1.165) is 23.1 Å². The van der Waals surface area contributed by atoms with E-state index in [9.17, 15) is 5.11 Å². The van der Waals surface area contributed by atoms with E-state index < -0.39 is 0 Å². The van der Waals surface area contributed by atoms with Crippen LogP contribution in [0.15, 0.2) is 47.5 Å². The molecule has 0 aliphatic carbocycles. The highest BCUT2D eigenvalue weighted by atomic mass is 16.3. The highest BCUT2D eigenvalue weighted by Crippen LogP contribution is 2.37. The Balaban J connectivity index is 1.82. The van der Waals surface area contributed by atoms with Crippen molar-refractivity contribution in [2.24, 2.45) is 4.99 Å². The third-order valence-electron chi connectivity index (χ3n) is 5.14. The van der Waals surface area contributed by atoms with E-state index in [2.05, 4.69) is 87.9 Å². The first-order chi connectivity index (χ1) is 13.1. The monoisotopic (exact) mass is 376 g/mol. The van der Waals surface area contributed by atoms with Crippen LogP contribution in [0.25, 0.3) is 10.9 Å². The summed E-state index contributed by atoms with van der Waals surface area (Å²) in [5.74, 6) is 0.342. The smallest absolute Gasteiger partial charge is 0.128 e. The predicted octanol–water partition coefficient (Wildman–Crippen LogP) is 6.13. The first kappa shape index (κ1) is 20.2. The molecule has 3 heteroatoms. The molecule has 3 rings (SSSR count). The first-order valence-corrected chi connectivity index (χ1v) is 10.00. The molecule has 0 amide bonds. The molecule has 0 unspecified atom stereocenters. The Morgan fingerprint density at radius 1 is 0.964 bits per heavy atom. The van der Waals surface area contributed by atoms with E-state index in [1.165, 1.54) is 16.6 Å². The molecular formula is C25H32N2O. The van der Waals surface area contributed by atoms with Gasteiger partial charge in [0.15, 0.2) is 0 Å². The average molecular weight is 377 g/mol. The molecule has 0 atom stereocenters. The summed E-state index contributed by atoms with van der Waals surface area (Å²) in [5.41, 5.74) is 5.21. The van der Waals surface area contributed by atoms with Crippen LogP contribution in [0.4, 0.5) is 0 Å². The first-order valence-electron chi connectivity index (χ1n) is 10.00. The number of rotatable bonds is 4. The van der Waals surface area contributed by atoms with Gasteiger partial charge in [0, 0.05) is 41.5 Å². The molecule has 3 aromatic rings. The van der Waals surface area contributed by atoms with E-state index >= 15 is 0 Å². The zero-order chi connectivity index (χ0) is 20.5. The van der Waals surface area contributed by atoms with Gasteiger partial charge in [0.2, 0.25) is 0 Å². The summed E-state index contributed by atoms with van der Waals surface area (Å²) in [6, 6.07) is 14.7. The normalized spacial score (nSPS) is 12.9. The zero-order valence-electron chi connectivity index (χ0n) is 17.9. The minimum Gasteiger partial charge on any atom is -0.507 e. The lowest BCUT2D eigenvalue weighted by atomic mass is 9.79. The number of nitrogens with one attached hydrogen (secondary N) is 1. The number of hydrogen-bond donors (Lipinski definition) is 2. The largest absolute Gasteiger partial charge is 0.507 e. The molecule has 28 heavy (non-hydrogen) atoms. The molecule has 0 aliphatic heterocycles. The van der Waals surface area contributed by atoms with Gasteiger partial charge in [-0.25, -0.2) is 0 Å². The Labute approximate surface area is 168 Å². The third kappa shape index (κ3) is 4.46. The minimum absolute atomic E-state index is 0.0145. The maximum absolute atomic E-state index is 10.8. The van der Waals surface area contributed by atoms with Crippen molar-refractivity contribution in [3.05, 3.63) is 64.8 Å². The molecule has 1 aromatic heterocycles. The summed E-state index contributed by atoms with van der Waals surface area (Å²) < 4.78 is 0. The minimum atomic E-state index is -0.127. The van der Waals surface area contributed by atoms with Crippen LogP contribution in [-0.2, 0) is 17.3 Å². The lowest BCUT2D eigenvalue weighted by molar-refractivity contribution is 0.444. The van der Waals surface area contributed by atoms with Crippen molar-refractivity contribution in [1.82, 2.24) is 4.98 Å². The molecule has 0 spiro atoms. The second-order valence-corrected chi connectivity index (χ2v) is 9.63. The number of fused-ring (bicyclic) bond motifs is 1. The number of para-hydroxylation sites is 1. The van der Waals surface area contributed by atoms with Gasteiger partial charge in [0.05, 0.1) is 0 Å². The van der Waals surface area contributed by atoms with Crippen LogP contribution in [0, 0.1) is 0 Å². The second kappa shape index (κ2) is 7.46. The maximum Gasteiger partial charge on any atom is 0.128 e. The molecule has 0 bridgehead atoms. The molecule has 148 valence electrons. The summed E-state index contributed by atoms with van der Waals surface area (Å²) in [5, 5.41) is 12.1. The number of aromatic amines is 1. The highest BCUT2D eigenvalue weighted by molar-refractivity contribution is 5.85. The van der Waals surface area contributed by atoms with Crippen molar-refractivity contribution in [2.45, 2.75) is 58.8 Å². The molecule has 0 saturated heterocycles. The van der Waals surface area contributed by atoms with E-state index in [4.69, 9.17) is 0 Å². The Morgan fingerprint density at radius 2 is 1.68 bits per heavy atom. The Hall–Kier alpha value is -2.55. The molecule has 0 fully saturated rings. The fourth-order valence-electron chi connectivity index (χ4n) is 3.38. The average Bonchev–Trinajstić information content (AvgIpc) is 3.00. The number of H-pyrrole nitrogens is 1. The summed E-state index contributed by atoms with van der Waals surface area (Å²) in [6.07, 6.45) is 2.67. The Morgan fingerprint density at radius 3 is 2.32 bits per heavy atom. The lowest BCUT2D eigenvalue weighted by Gasteiger charge is -2.27. The van der Waals surface area contributed by atoms with Gasteiger partial charge in [-0.2, -0.15) is 0 Å². The highest BCUT2D eigenvalue weighted by Gasteiger charge is 2.24. The Kier molecular flexibility index (Phi) is 5.38. The number of aromatic nitrogens is 1. The van der Waals surface area contributed by atoms with Crippen LogP contribution in [0.1, 0.15) is 63.9 Å². The number of benzene rings is 2. The summed E-state index contributed by atoms with van der Waals surface area (Å²) >= 11 is 0. The van der Waals surface area contributed by atoms with Crippen molar-refractivity contribution in [2.75, 3.05) is 6.54 Å². The number of nitrogens with zero attached hydrogens (tertiary/aromatic N) is 1. The predicted molar refractivity (Wildman–Crippen MR) is 120 cm³/mol. The summed E-state index contributed by atoms with van der Waals surface area (Å²) in [4.78, 5) is 8.05. The molecule has 0 saturated carbocycles. The number of phenolic OH excluding ortho intramolecular Hbond substituents is 1. The van der Waals surface area contributed by atoms with Crippen molar-refractivity contribution < 1.29 is 5.11 Å². The van der Waals surface area contributed by atoms with Gasteiger partial charge in [-0.1, -0.05) is 65.8 Å². The fraction of sp³-hybridized carbons (Fsp3) is 0.400. The standard InChI is InChI=1S/C25H32N2O/c1-24(2,3)19-13-18(23(28)21(15-19)25(4,5)6)16-26-12-11-20-14-17-9-7-8-10-22(17)27-20/h7-10,13-16,27-28H,11-12H2,1-6H3. The van der Waals surface area contributed by atoms with Gasteiger partial charge in [0.1, 0.15) is 5.75 Å². The van der Waals surface area contributed by atoms with E-state index in [-0.39, 0.29) is 10.8 Å². The number of aliphatic imine (C=N–C) groups is 1. The van der Waals surface area contributed by atoms with Crippen molar-refractivity contribution in [1.29, 1.82) is 0 Å². The molecule has 2 aromatic carbocycles. The van der Waals surface area contributed by atoms with E-state index in [0.29, 0.717) is 12.3 Å². The van der Waals surface area contributed by atoms with Crippen molar-refractivity contribution in [3.63, 3.8) is 0 Å². The fourth-order valence-corrected chi connectivity index (χ4v) is 3.38. The molecule has 0 aliphatic rings. The number of aromatic hydroxyl groups is 1. The van der Waals surface area contributed by atoms with Gasteiger partial charge >= 0.3 is 0 Å². The SMILES string of the molecule is CC(C)(C)c1cc(C=NCCc2cc3ccccc3[nH]2)c(O)c(C(C)(C)C)c1. The van der Waals surface area contributed by atoms with Gasteiger partial charge < -0.3 is 10.1 Å². The van der Waals surface area contributed by atoms with Crippen LogP contribution in [-0.4, -0.2) is 22.8 Å². The lowest BCUT2D eigenvalue weighted by Crippen LogP contribution is -2.17. The molecule has 2 N–H and O–H groups in total. The molecule has 3 nitrogen and oxygen atoms in total. The third-order valence-corrected chi connectivity index (χ3v) is 5.14. The molecule has 1 heterocycles. The quantitative estimate of drug-likeness (QED) is 0.529. The van der Waals surface area contributed by atoms with Gasteiger partial charge in [-0.15, -0.1) is 0 Å². The van der Waals surface area contributed by atoms with Crippen LogP contribution in [0.2, 0.25) is 0 Å². The number of phenols is 1. The van der Waals surface area contributed by atoms with Crippen LogP contribution < -0.4 is 0 Å². The number of hydrogen-bond acceptors (Lipinski definition) is 2. The second-order valence-electron chi connectivity index (χ2n) is 9.63. The van der Waals surface area contributed by atoms with Crippen molar-refractivity contribution >= 4 is 17.1 Å². The van der Waals surface area contributed by atoms with Crippen molar-refractivity contribution in [3.8, 4) is 5.75 Å².